The fourth-order valence-electron chi connectivity index (χ4n) is 0.848. The third-order valence-corrected chi connectivity index (χ3v) is 2.38. The molecule has 1 rings (SSSR count). The quantitative estimate of drug-likeness (QED) is 0.755. The Morgan fingerprint density at radius 1 is 1.43 bits per heavy atom. The number of phenols is 1. The van der Waals surface area contributed by atoms with Crippen molar-refractivity contribution < 1.29 is 23.6 Å². The molecular weight excluding hydrogens is 207 g/mol. The van der Waals surface area contributed by atoms with Gasteiger partial charge in [0.25, 0.3) is 0 Å². The van der Waals surface area contributed by atoms with Gasteiger partial charge in [0.1, 0.15) is 0 Å². The van der Waals surface area contributed by atoms with Crippen molar-refractivity contribution in [3.63, 3.8) is 0 Å². The summed E-state index contributed by atoms with van der Waals surface area (Å²) in [6.07, 6.45) is 0. The molecule has 1 atom stereocenters. The molecule has 6 heteroatoms. The maximum Gasteiger partial charge on any atom is 0.527 e. The molecule has 0 aliphatic heterocycles. The first kappa shape index (κ1) is 11.0. The molecule has 14 heavy (non-hydrogen) atoms. The van der Waals surface area contributed by atoms with Crippen LogP contribution in [0.2, 0.25) is 0 Å². The van der Waals surface area contributed by atoms with Crippen molar-refractivity contribution in [1.82, 2.24) is 0 Å². The van der Waals surface area contributed by atoms with E-state index < -0.39 is 7.82 Å². The zero-order chi connectivity index (χ0) is 10.6. The van der Waals surface area contributed by atoms with Crippen LogP contribution < -0.4 is 4.52 Å². The molecule has 0 aliphatic carbocycles. The maximum absolute atomic E-state index is 11.1. The van der Waals surface area contributed by atoms with Crippen LogP contribution in [0.4, 0.5) is 0 Å². The third-order valence-electron chi connectivity index (χ3n) is 1.37. The van der Waals surface area contributed by atoms with Crippen molar-refractivity contribution in [3.05, 3.63) is 24.3 Å². The van der Waals surface area contributed by atoms with Gasteiger partial charge in [0.2, 0.25) is 0 Å². The molecule has 0 radical (unpaired) electrons. The van der Waals surface area contributed by atoms with Crippen molar-refractivity contribution in [3.8, 4) is 11.5 Å². The smallest absolute Gasteiger partial charge is 0.504 e. The zero-order valence-corrected chi connectivity index (χ0v) is 8.48. The molecule has 0 saturated carbocycles. The Morgan fingerprint density at radius 3 is 2.64 bits per heavy atom. The second kappa shape index (κ2) is 4.46. The lowest BCUT2D eigenvalue weighted by atomic mass is 10.3. The van der Waals surface area contributed by atoms with Crippen molar-refractivity contribution in [2.45, 2.75) is 6.92 Å². The molecule has 0 bridgehead atoms. The number of rotatable bonds is 4. The van der Waals surface area contributed by atoms with Gasteiger partial charge in [-0.2, -0.15) is 0 Å². The highest BCUT2D eigenvalue weighted by Crippen LogP contribution is 2.45. The van der Waals surface area contributed by atoms with Gasteiger partial charge in [-0.25, -0.2) is 4.57 Å². The van der Waals surface area contributed by atoms with E-state index in [9.17, 15) is 9.67 Å². The molecule has 1 aromatic rings. The molecule has 1 unspecified atom stereocenters. The minimum Gasteiger partial charge on any atom is -0.504 e. The first-order valence-corrected chi connectivity index (χ1v) is 5.49. The van der Waals surface area contributed by atoms with Gasteiger partial charge >= 0.3 is 7.82 Å². The summed E-state index contributed by atoms with van der Waals surface area (Å²) < 4.78 is 20.2. The van der Waals surface area contributed by atoms with Crippen molar-refractivity contribution in [2.75, 3.05) is 6.61 Å². The molecule has 2 N–H and O–H groups in total. The highest BCUT2D eigenvalue weighted by atomic mass is 31.2. The summed E-state index contributed by atoms with van der Waals surface area (Å²) in [5, 5.41) is 9.23. The van der Waals surface area contributed by atoms with Crippen molar-refractivity contribution in [1.29, 1.82) is 0 Å². The summed E-state index contributed by atoms with van der Waals surface area (Å²) in [7, 11) is -4.10. The zero-order valence-electron chi connectivity index (χ0n) is 7.58. The Labute approximate surface area is 81.5 Å². The summed E-state index contributed by atoms with van der Waals surface area (Å²) >= 11 is 0. The molecule has 0 spiro atoms. The van der Waals surface area contributed by atoms with Crippen LogP contribution in [-0.4, -0.2) is 16.6 Å². The molecule has 0 fully saturated rings. The number of benzene rings is 1. The van der Waals surface area contributed by atoms with E-state index in [1.54, 1.807) is 19.1 Å². The molecular formula is C8H11O5P. The van der Waals surface area contributed by atoms with Gasteiger partial charge in [0.15, 0.2) is 11.5 Å². The number of phosphoric acid groups is 1. The van der Waals surface area contributed by atoms with E-state index in [-0.39, 0.29) is 18.1 Å². The fraction of sp³-hybridized carbons (Fsp3) is 0.250. The average Bonchev–Trinajstić information content (AvgIpc) is 2.08. The Kier molecular flexibility index (Phi) is 3.52. The second-order valence-electron chi connectivity index (χ2n) is 2.45. The van der Waals surface area contributed by atoms with Crippen LogP contribution in [0.15, 0.2) is 24.3 Å². The third kappa shape index (κ3) is 3.03. The molecule has 0 amide bonds. The van der Waals surface area contributed by atoms with Crippen LogP contribution in [0.3, 0.4) is 0 Å². The molecule has 78 valence electrons. The van der Waals surface area contributed by atoms with E-state index in [2.05, 4.69) is 9.05 Å². The van der Waals surface area contributed by atoms with Gasteiger partial charge in [-0.1, -0.05) is 12.1 Å². The lowest BCUT2D eigenvalue weighted by Gasteiger charge is -2.12. The highest BCUT2D eigenvalue weighted by Gasteiger charge is 2.23. The van der Waals surface area contributed by atoms with Gasteiger partial charge in [0.05, 0.1) is 6.61 Å². The number of phosphoric ester groups is 1. The normalized spacial score (nSPS) is 14.7. The van der Waals surface area contributed by atoms with Crippen molar-refractivity contribution >= 4 is 7.82 Å². The summed E-state index contributed by atoms with van der Waals surface area (Å²) in [6, 6.07) is 5.87. The highest BCUT2D eigenvalue weighted by molar-refractivity contribution is 7.47. The van der Waals surface area contributed by atoms with Crippen LogP contribution in [0.1, 0.15) is 6.92 Å². The number of phenolic OH excluding ortho intramolecular Hbond substituents is 1. The van der Waals surface area contributed by atoms with Gasteiger partial charge in [-0.05, 0) is 19.1 Å². The van der Waals surface area contributed by atoms with Gasteiger partial charge in [-0.15, -0.1) is 0 Å². The Bertz CT molecular complexity index is 351. The second-order valence-corrected chi connectivity index (χ2v) is 3.82. The standard InChI is InChI=1S/C8H11O5P/c1-2-12-14(10,11)13-8-6-4-3-5-7(8)9/h3-6,9H,2H2,1H3,(H,10,11). The molecule has 0 saturated heterocycles. The first-order chi connectivity index (χ1) is 6.55. The molecule has 0 aromatic heterocycles. The Morgan fingerprint density at radius 2 is 2.07 bits per heavy atom. The van der Waals surface area contributed by atoms with E-state index in [1.807, 2.05) is 0 Å². The van der Waals surface area contributed by atoms with Gasteiger partial charge in [0, 0.05) is 0 Å². The Hall–Kier alpha value is -1.03. The van der Waals surface area contributed by atoms with Crippen molar-refractivity contribution in [2.24, 2.45) is 0 Å². The molecule has 0 aliphatic rings. The predicted molar refractivity (Wildman–Crippen MR) is 50.2 cm³/mol. The van der Waals surface area contributed by atoms with Gasteiger partial charge in [-0.3, -0.25) is 9.42 Å². The number of para-hydroxylation sites is 2. The van der Waals surface area contributed by atoms with Crippen LogP contribution in [-0.2, 0) is 9.09 Å². The SMILES string of the molecule is CCOP(=O)(O)Oc1ccccc1O. The molecule has 0 heterocycles. The van der Waals surface area contributed by atoms with E-state index >= 15 is 0 Å². The minimum atomic E-state index is -4.10. The van der Waals surface area contributed by atoms with E-state index in [0.717, 1.165) is 0 Å². The number of hydrogen-bond donors (Lipinski definition) is 2. The monoisotopic (exact) mass is 218 g/mol. The lowest BCUT2D eigenvalue weighted by molar-refractivity contribution is 0.211. The summed E-state index contributed by atoms with van der Waals surface area (Å²) in [5.41, 5.74) is 0. The number of aromatic hydroxyl groups is 1. The fourth-order valence-corrected chi connectivity index (χ4v) is 1.63. The molecule has 5 nitrogen and oxygen atoms in total. The predicted octanol–water partition coefficient (Wildman–Crippen LogP) is 1.91. The van der Waals surface area contributed by atoms with E-state index in [0.29, 0.717) is 0 Å². The van der Waals surface area contributed by atoms with Crippen LogP contribution >= 0.6 is 7.82 Å². The first-order valence-electron chi connectivity index (χ1n) is 4.00. The van der Waals surface area contributed by atoms with Crippen LogP contribution in [0.5, 0.6) is 11.5 Å². The Balaban J connectivity index is 2.78. The largest absolute Gasteiger partial charge is 0.527 e. The minimum absolute atomic E-state index is 0.0569. The average molecular weight is 218 g/mol. The summed E-state index contributed by atoms with van der Waals surface area (Å²) in [6.45, 7) is 1.62. The van der Waals surface area contributed by atoms with Crippen LogP contribution in [0, 0.1) is 0 Å². The van der Waals surface area contributed by atoms with Gasteiger partial charge < -0.3 is 9.63 Å². The molecule has 1 aromatic carbocycles. The maximum atomic E-state index is 11.1. The van der Waals surface area contributed by atoms with E-state index in [4.69, 9.17) is 4.89 Å². The lowest BCUT2D eigenvalue weighted by Crippen LogP contribution is -1.96. The van der Waals surface area contributed by atoms with Crippen LogP contribution in [0.25, 0.3) is 0 Å². The van der Waals surface area contributed by atoms with E-state index in [1.165, 1.54) is 12.1 Å². The topological polar surface area (TPSA) is 76.0 Å². The summed E-state index contributed by atoms with van der Waals surface area (Å²) in [4.78, 5) is 9.09. The summed E-state index contributed by atoms with van der Waals surface area (Å²) in [5.74, 6) is -0.284. The number of hydrogen-bond acceptors (Lipinski definition) is 4.